The first-order valence-corrected chi connectivity index (χ1v) is 25.2. The second-order valence-electron chi connectivity index (χ2n) is 19.9. The molecule has 2 aliphatic carbocycles. The van der Waals surface area contributed by atoms with Crippen LogP contribution in [0.4, 0.5) is 0 Å². The van der Waals surface area contributed by atoms with E-state index in [0.717, 1.165) is 6.26 Å². The number of methoxy groups -OCH3 is 3. The maximum Gasteiger partial charge on any atom is 0.339 e. The van der Waals surface area contributed by atoms with Crippen molar-refractivity contribution in [2.45, 2.75) is 119 Å². The number of rotatable bonds is 23. The van der Waals surface area contributed by atoms with E-state index >= 15 is 0 Å². The number of esters is 2. The number of carbonyl (C=O) groups excluding carboxylic acids is 2. The Hall–Kier alpha value is -4.80. The maximum absolute atomic E-state index is 14.6. The molecule has 2 heterocycles. The van der Waals surface area contributed by atoms with Gasteiger partial charge in [-0.1, -0.05) is 18.2 Å². The van der Waals surface area contributed by atoms with Crippen LogP contribution in [0.2, 0.25) is 0 Å². The first-order chi connectivity index (χ1) is 36.4. The summed E-state index contributed by atoms with van der Waals surface area (Å²) in [5.41, 5.74) is -1.85. The van der Waals surface area contributed by atoms with Crippen LogP contribution in [0.25, 0.3) is 12.2 Å². The van der Waals surface area contributed by atoms with Gasteiger partial charge in [-0.15, -0.1) is 0 Å². The Balaban J connectivity index is 1.18. The molecule has 16 atom stereocenters. The molecule has 0 bridgehead atoms. The van der Waals surface area contributed by atoms with Crippen molar-refractivity contribution >= 4 is 24.1 Å². The third kappa shape index (κ3) is 14.3. The van der Waals surface area contributed by atoms with Gasteiger partial charge in [0.05, 0.1) is 97.2 Å². The molecule has 0 unspecified atom stereocenters. The zero-order chi connectivity index (χ0) is 55.3. The number of hydrogen-bond donors (Lipinski definition) is 12. The van der Waals surface area contributed by atoms with Crippen LogP contribution >= 0.6 is 0 Å². The Kier molecular flexibility index (Phi) is 22.0. The van der Waals surface area contributed by atoms with Gasteiger partial charge in [0, 0.05) is 10.8 Å². The zero-order valence-electron chi connectivity index (χ0n) is 42.7. The number of aliphatic hydroxyl groups excluding tert-OH is 12. The molecule has 2 aromatic rings. The molecule has 4 fully saturated rings. The van der Waals surface area contributed by atoms with Crippen molar-refractivity contribution in [1.29, 1.82) is 0 Å². The van der Waals surface area contributed by atoms with Crippen LogP contribution in [0.5, 0.6) is 17.2 Å². The summed E-state index contributed by atoms with van der Waals surface area (Å²) in [4.78, 5) is 29.1. The summed E-state index contributed by atoms with van der Waals surface area (Å²) >= 11 is 0. The monoisotopic (exact) mass is 1080 g/mol. The summed E-state index contributed by atoms with van der Waals surface area (Å²) in [6, 6.07) is 11.5. The van der Waals surface area contributed by atoms with Gasteiger partial charge in [0.15, 0.2) is 17.8 Å². The van der Waals surface area contributed by atoms with E-state index in [9.17, 15) is 70.9 Å². The molecule has 2 aromatic carbocycles. The Morgan fingerprint density at radius 1 is 0.618 bits per heavy atom. The van der Waals surface area contributed by atoms with Crippen LogP contribution in [-0.4, -0.2) is 214 Å². The van der Waals surface area contributed by atoms with Gasteiger partial charge in [0.2, 0.25) is 6.29 Å². The molecule has 4 aliphatic rings. The molecule has 76 heavy (non-hydrogen) atoms. The fraction of sp³-hybridized carbons (Fsp3) is 0.623. The topological polar surface area (TPSA) is 360 Å². The zero-order valence-corrected chi connectivity index (χ0v) is 42.7. The van der Waals surface area contributed by atoms with E-state index < -0.39 is 135 Å². The quantitative estimate of drug-likeness (QED) is 0.0277. The van der Waals surface area contributed by atoms with Gasteiger partial charge >= 0.3 is 11.9 Å². The van der Waals surface area contributed by atoms with E-state index in [1.165, 1.54) is 39.6 Å². The highest BCUT2D eigenvalue weighted by molar-refractivity contribution is 6.12. The van der Waals surface area contributed by atoms with Crippen molar-refractivity contribution in [3.8, 4) is 17.2 Å². The molecular formula is C53H74O23. The number of hydrogen-bond acceptors (Lipinski definition) is 23. The fourth-order valence-electron chi connectivity index (χ4n) is 9.97. The third-order valence-electron chi connectivity index (χ3n) is 15.1. The van der Waals surface area contributed by atoms with Crippen LogP contribution in [0.15, 0.2) is 65.9 Å². The number of aliphatic hydroxyl groups is 12. The molecule has 12 N–H and O–H groups in total. The third-order valence-corrected chi connectivity index (χ3v) is 15.1. The average molecular weight is 1080 g/mol. The molecule has 6 rings (SSSR count). The molecule has 0 amide bonds. The second-order valence-corrected chi connectivity index (χ2v) is 19.9. The second kappa shape index (κ2) is 27.7. The summed E-state index contributed by atoms with van der Waals surface area (Å²) in [7, 11) is 4.39. The van der Waals surface area contributed by atoms with Gasteiger partial charge in [-0.3, -0.25) is 0 Å². The highest BCUT2D eigenvalue weighted by atomic mass is 16.7. The lowest BCUT2D eigenvalue weighted by Gasteiger charge is -2.44. The summed E-state index contributed by atoms with van der Waals surface area (Å²) in [5.74, 6) is -1.46. The van der Waals surface area contributed by atoms with Crippen LogP contribution in [-0.2, 0) is 38.0 Å². The summed E-state index contributed by atoms with van der Waals surface area (Å²) < 4.78 is 50.1. The first-order valence-electron chi connectivity index (χ1n) is 25.2. The molecule has 0 radical (unpaired) electrons. The molecule has 424 valence electrons. The minimum Gasteiger partial charge on any atom is -0.497 e. The number of ether oxygens (including phenoxy) is 9. The molecule has 2 saturated carbocycles. The smallest absolute Gasteiger partial charge is 0.339 e. The highest BCUT2D eigenvalue weighted by Crippen LogP contribution is 2.43. The van der Waals surface area contributed by atoms with Crippen molar-refractivity contribution < 1.29 is 113 Å². The minimum atomic E-state index is -1.68. The SMILES string of the molecule is COc1ccc(/C=C(\C(=O)OC[C@H]2CC[C@@](C=CO[C@@H]3O[C@H](CO)[C@@H](O)[C@H](O)[C@H]3O)(CO)[C@@H](O)C2)C(=Cc2ccc(OC)c(OC)c2)C(=O)OC[C@H]2CC[C@](CO)(CCO[C@@H]3O[C@H](CO)[C@@H](O)[C@H](O)[C@H]3O)[C@@H](O)C2)cc1. The molecule has 2 aliphatic heterocycles. The first kappa shape index (κ1) is 60.4. The van der Waals surface area contributed by atoms with Crippen molar-refractivity contribution in [3.05, 3.63) is 77.1 Å². The van der Waals surface area contributed by atoms with E-state index in [1.54, 1.807) is 42.5 Å². The summed E-state index contributed by atoms with van der Waals surface area (Å²) in [6.07, 6.45) is -10.6. The minimum absolute atomic E-state index is 0.0439. The molecule has 0 aromatic heterocycles. The summed E-state index contributed by atoms with van der Waals surface area (Å²) in [6.45, 7) is -2.85. The molecule has 2 saturated heterocycles. The van der Waals surface area contributed by atoms with Crippen molar-refractivity contribution in [2.75, 3.05) is 67.6 Å². The van der Waals surface area contributed by atoms with Gasteiger partial charge in [0.25, 0.3) is 0 Å². The standard InChI is InChI=1S/C53H74O23/c1-68-33-7-4-29(5-8-33)18-34(48(66)73-25-31-10-12-52(27-56,40(58)21-31)14-16-71-50-46(64)44(62)42(60)38(23-54)75-50)35(19-30-6-9-36(69-2)37(20-30)70-3)49(67)74-26-32-11-13-53(28-57,41(59)22-32)15-17-72-51-47(65)45(63)43(61)39(24-55)76-51/h4-9,14,16,18-20,31-32,38-47,50-51,54-65H,10-13,15,17,21-28H2,1-3H3/b16-14?,34-18-,35-19?/t31-,32-,38+,39+,40-,41-,42+,43+,44-,45-,46+,47+,50+,51+,52+,53+/m0/s1. The lowest BCUT2D eigenvalue weighted by Crippen LogP contribution is -2.59. The fourth-order valence-corrected chi connectivity index (χ4v) is 9.97. The van der Waals surface area contributed by atoms with Gasteiger partial charge in [-0.2, -0.15) is 0 Å². The Bertz CT molecular complexity index is 2270. The van der Waals surface area contributed by atoms with Crippen LogP contribution in [0, 0.1) is 22.7 Å². The van der Waals surface area contributed by atoms with E-state index in [0.29, 0.717) is 41.2 Å². The Labute approximate surface area is 439 Å². The Morgan fingerprint density at radius 3 is 1.68 bits per heavy atom. The highest BCUT2D eigenvalue weighted by Gasteiger charge is 2.48. The average Bonchev–Trinajstić information content (AvgIpc) is 3.44. The van der Waals surface area contributed by atoms with E-state index in [2.05, 4.69) is 0 Å². The number of carbonyl (C=O) groups is 2. The van der Waals surface area contributed by atoms with E-state index in [-0.39, 0.29) is 63.1 Å². The van der Waals surface area contributed by atoms with Gasteiger partial charge in [-0.25, -0.2) is 9.59 Å². The molecule has 0 spiro atoms. The lowest BCUT2D eigenvalue weighted by molar-refractivity contribution is -0.302. The lowest BCUT2D eigenvalue weighted by atomic mass is 9.67. The van der Waals surface area contributed by atoms with Crippen LogP contribution < -0.4 is 14.2 Å². The van der Waals surface area contributed by atoms with Crippen LogP contribution in [0.1, 0.15) is 56.1 Å². The predicted octanol–water partition coefficient (Wildman–Crippen LogP) is -0.918. The normalized spacial score (nSPS) is 34.4. The predicted molar refractivity (Wildman–Crippen MR) is 264 cm³/mol. The Morgan fingerprint density at radius 2 is 1.16 bits per heavy atom. The van der Waals surface area contributed by atoms with Crippen molar-refractivity contribution in [3.63, 3.8) is 0 Å². The molecule has 23 nitrogen and oxygen atoms in total. The molecular weight excluding hydrogens is 1000 g/mol. The van der Waals surface area contributed by atoms with Crippen molar-refractivity contribution in [2.24, 2.45) is 22.7 Å². The van der Waals surface area contributed by atoms with E-state index in [1.807, 2.05) is 0 Å². The van der Waals surface area contributed by atoms with Gasteiger partial charge in [-0.05, 0) is 110 Å². The van der Waals surface area contributed by atoms with Crippen LogP contribution in [0.3, 0.4) is 0 Å². The van der Waals surface area contributed by atoms with E-state index in [4.69, 9.17) is 42.6 Å². The van der Waals surface area contributed by atoms with Gasteiger partial charge < -0.3 is 104 Å². The van der Waals surface area contributed by atoms with Crippen molar-refractivity contribution in [1.82, 2.24) is 0 Å². The number of benzene rings is 2. The summed E-state index contributed by atoms with van der Waals surface area (Å²) in [5, 5.41) is 124. The maximum atomic E-state index is 14.6. The van der Waals surface area contributed by atoms with Gasteiger partial charge in [0.1, 0.15) is 54.6 Å². The largest absolute Gasteiger partial charge is 0.497 e. The molecule has 23 heteroatoms.